The molecule has 1 amide bonds. The number of amides is 1. The lowest BCUT2D eigenvalue weighted by molar-refractivity contribution is 0.0946. The van der Waals surface area contributed by atoms with Crippen molar-refractivity contribution in [2.75, 3.05) is 0 Å². The van der Waals surface area contributed by atoms with Crippen molar-refractivity contribution in [3.05, 3.63) is 77.1 Å². The molecule has 0 spiro atoms. The molecule has 0 radical (unpaired) electrons. The van der Waals surface area contributed by atoms with Crippen LogP contribution in [0.1, 0.15) is 16.1 Å². The summed E-state index contributed by atoms with van der Waals surface area (Å²) in [5.74, 6) is 0.120. The Kier molecular flexibility index (Phi) is 4.21. The summed E-state index contributed by atoms with van der Waals surface area (Å²) in [5, 5.41) is 3.44. The zero-order valence-corrected chi connectivity index (χ0v) is 12.4. The highest BCUT2D eigenvalue weighted by atomic mass is 35.5. The number of oxazole rings is 1. The molecule has 0 aliphatic heterocycles. The second-order valence-corrected chi connectivity index (χ2v) is 5.15. The van der Waals surface area contributed by atoms with Gasteiger partial charge in [0.05, 0.1) is 0 Å². The Labute approximate surface area is 132 Å². The molecule has 0 aliphatic carbocycles. The Balaban J connectivity index is 1.68. The van der Waals surface area contributed by atoms with E-state index in [1.807, 2.05) is 30.3 Å². The smallest absolute Gasteiger partial charge is 0.273 e. The summed E-state index contributed by atoms with van der Waals surface area (Å²) >= 11 is 5.84. The second-order valence-electron chi connectivity index (χ2n) is 4.71. The maximum Gasteiger partial charge on any atom is 0.273 e. The van der Waals surface area contributed by atoms with Crippen LogP contribution in [0.5, 0.6) is 0 Å². The van der Waals surface area contributed by atoms with Gasteiger partial charge in [-0.1, -0.05) is 41.9 Å². The zero-order chi connectivity index (χ0) is 15.4. The summed E-state index contributed by atoms with van der Waals surface area (Å²) in [4.78, 5) is 16.3. The third-order valence-corrected chi connectivity index (χ3v) is 3.38. The highest BCUT2D eigenvalue weighted by Gasteiger charge is 2.13. The number of rotatable bonds is 4. The SMILES string of the molecule is O=C(NCc1ccccc1)c1coc(-c2ccc(Cl)cc2)n1. The summed E-state index contributed by atoms with van der Waals surface area (Å²) < 4.78 is 5.35. The van der Waals surface area contributed by atoms with Gasteiger partial charge < -0.3 is 9.73 Å². The van der Waals surface area contributed by atoms with E-state index in [0.717, 1.165) is 11.1 Å². The van der Waals surface area contributed by atoms with Gasteiger partial charge in [0.1, 0.15) is 6.26 Å². The summed E-state index contributed by atoms with van der Waals surface area (Å²) in [6.07, 6.45) is 1.35. The molecular formula is C17H13ClN2O2. The largest absolute Gasteiger partial charge is 0.444 e. The van der Waals surface area contributed by atoms with Crippen LogP contribution in [0.15, 0.2) is 65.3 Å². The number of aromatic nitrogens is 1. The first-order valence-corrected chi connectivity index (χ1v) is 7.14. The summed E-state index contributed by atoms with van der Waals surface area (Å²) in [6, 6.07) is 16.8. The van der Waals surface area contributed by atoms with E-state index in [2.05, 4.69) is 10.3 Å². The van der Waals surface area contributed by atoms with Crippen LogP contribution in [0.2, 0.25) is 5.02 Å². The van der Waals surface area contributed by atoms with Crippen LogP contribution in [0, 0.1) is 0 Å². The maximum absolute atomic E-state index is 12.1. The summed E-state index contributed by atoms with van der Waals surface area (Å²) in [5.41, 5.74) is 2.05. The lowest BCUT2D eigenvalue weighted by Gasteiger charge is -2.02. The van der Waals surface area contributed by atoms with Crippen molar-refractivity contribution >= 4 is 17.5 Å². The van der Waals surface area contributed by atoms with Gasteiger partial charge in [-0.05, 0) is 29.8 Å². The van der Waals surface area contributed by atoms with Gasteiger partial charge in [0, 0.05) is 17.1 Å². The van der Waals surface area contributed by atoms with E-state index in [1.54, 1.807) is 24.3 Å². The fourth-order valence-electron chi connectivity index (χ4n) is 1.97. The number of hydrogen-bond acceptors (Lipinski definition) is 3. The number of carbonyl (C=O) groups excluding carboxylic acids is 1. The van der Waals surface area contributed by atoms with Crippen LogP contribution in [-0.2, 0) is 6.54 Å². The Morgan fingerprint density at radius 2 is 1.82 bits per heavy atom. The molecule has 22 heavy (non-hydrogen) atoms. The molecule has 0 atom stereocenters. The Morgan fingerprint density at radius 1 is 1.09 bits per heavy atom. The molecule has 3 rings (SSSR count). The van der Waals surface area contributed by atoms with Crippen LogP contribution in [0.25, 0.3) is 11.5 Å². The van der Waals surface area contributed by atoms with Crippen molar-refractivity contribution < 1.29 is 9.21 Å². The van der Waals surface area contributed by atoms with Crippen molar-refractivity contribution in [3.63, 3.8) is 0 Å². The third-order valence-electron chi connectivity index (χ3n) is 3.12. The van der Waals surface area contributed by atoms with Crippen LogP contribution in [0.4, 0.5) is 0 Å². The fourth-order valence-corrected chi connectivity index (χ4v) is 2.10. The number of nitrogens with one attached hydrogen (secondary N) is 1. The minimum Gasteiger partial charge on any atom is -0.444 e. The molecule has 1 N–H and O–H groups in total. The average molecular weight is 313 g/mol. The number of nitrogens with zero attached hydrogens (tertiary/aromatic N) is 1. The molecular weight excluding hydrogens is 300 g/mol. The molecule has 0 saturated carbocycles. The minimum atomic E-state index is -0.271. The summed E-state index contributed by atoms with van der Waals surface area (Å²) in [7, 11) is 0. The van der Waals surface area contributed by atoms with Crippen molar-refractivity contribution in [1.82, 2.24) is 10.3 Å². The van der Waals surface area contributed by atoms with Crippen LogP contribution >= 0.6 is 11.6 Å². The summed E-state index contributed by atoms with van der Waals surface area (Å²) in [6.45, 7) is 0.447. The molecule has 0 unspecified atom stereocenters. The molecule has 5 heteroatoms. The molecule has 1 aromatic heterocycles. The molecule has 0 bridgehead atoms. The first-order valence-electron chi connectivity index (χ1n) is 6.76. The van der Waals surface area contributed by atoms with E-state index < -0.39 is 0 Å². The van der Waals surface area contributed by atoms with Gasteiger partial charge in [-0.15, -0.1) is 0 Å². The van der Waals surface area contributed by atoms with E-state index in [4.69, 9.17) is 16.0 Å². The molecule has 0 saturated heterocycles. The first-order chi connectivity index (χ1) is 10.7. The van der Waals surface area contributed by atoms with E-state index >= 15 is 0 Å². The van der Waals surface area contributed by atoms with Gasteiger partial charge in [-0.2, -0.15) is 0 Å². The standard InChI is InChI=1S/C17H13ClN2O2/c18-14-8-6-13(7-9-14)17-20-15(11-22-17)16(21)19-10-12-4-2-1-3-5-12/h1-9,11H,10H2,(H,19,21). The van der Waals surface area contributed by atoms with Crippen molar-refractivity contribution in [3.8, 4) is 11.5 Å². The van der Waals surface area contributed by atoms with Gasteiger partial charge in [0.2, 0.25) is 5.89 Å². The molecule has 110 valence electrons. The lowest BCUT2D eigenvalue weighted by Crippen LogP contribution is -2.23. The highest BCUT2D eigenvalue weighted by molar-refractivity contribution is 6.30. The predicted octanol–water partition coefficient (Wildman–Crippen LogP) is 3.93. The zero-order valence-electron chi connectivity index (χ0n) is 11.6. The van der Waals surface area contributed by atoms with E-state index in [-0.39, 0.29) is 11.6 Å². The minimum absolute atomic E-state index is 0.251. The van der Waals surface area contributed by atoms with Crippen molar-refractivity contribution in [2.24, 2.45) is 0 Å². The van der Waals surface area contributed by atoms with E-state index in [1.165, 1.54) is 6.26 Å². The molecule has 3 aromatic rings. The quantitative estimate of drug-likeness (QED) is 0.794. The topological polar surface area (TPSA) is 55.1 Å². The van der Waals surface area contributed by atoms with Crippen molar-refractivity contribution in [2.45, 2.75) is 6.54 Å². The lowest BCUT2D eigenvalue weighted by atomic mass is 10.2. The van der Waals surface area contributed by atoms with Crippen LogP contribution < -0.4 is 5.32 Å². The highest BCUT2D eigenvalue weighted by Crippen LogP contribution is 2.20. The fraction of sp³-hybridized carbons (Fsp3) is 0.0588. The van der Waals surface area contributed by atoms with Gasteiger partial charge in [-0.3, -0.25) is 4.79 Å². The molecule has 4 nitrogen and oxygen atoms in total. The number of carbonyl (C=O) groups is 1. The van der Waals surface area contributed by atoms with Gasteiger partial charge in [0.15, 0.2) is 5.69 Å². The van der Waals surface area contributed by atoms with Gasteiger partial charge >= 0.3 is 0 Å². The second kappa shape index (κ2) is 6.45. The normalized spacial score (nSPS) is 10.4. The number of benzene rings is 2. The van der Waals surface area contributed by atoms with Crippen molar-refractivity contribution in [1.29, 1.82) is 0 Å². The third kappa shape index (κ3) is 3.35. The predicted molar refractivity (Wildman–Crippen MR) is 84.6 cm³/mol. The van der Waals surface area contributed by atoms with Crippen LogP contribution in [0.3, 0.4) is 0 Å². The van der Waals surface area contributed by atoms with Crippen LogP contribution in [-0.4, -0.2) is 10.9 Å². The molecule has 2 aromatic carbocycles. The average Bonchev–Trinajstić information content (AvgIpc) is 3.04. The van der Waals surface area contributed by atoms with Gasteiger partial charge in [-0.25, -0.2) is 4.98 Å². The Bertz CT molecular complexity index is 767. The Hall–Kier alpha value is -2.59. The molecule has 0 fully saturated rings. The maximum atomic E-state index is 12.1. The molecule has 0 aliphatic rings. The Morgan fingerprint density at radius 3 is 2.55 bits per heavy atom. The number of hydrogen-bond donors (Lipinski definition) is 1. The monoisotopic (exact) mass is 312 g/mol. The van der Waals surface area contributed by atoms with E-state index in [9.17, 15) is 4.79 Å². The number of halogens is 1. The first kappa shape index (κ1) is 14.4. The molecule has 1 heterocycles. The van der Waals surface area contributed by atoms with E-state index in [0.29, 0.717) is 17.5 Å². The van der Waals surface area contributed by atoms with Gasteiger partial charge in [0.25, 0.3) is 5.91 Å².